The summed E-state index contributed by atoms with van der Waals surface area (Å²) in [5.74, 6) is -0.0274. The minimum absolute atomic E-state index is 0.0274. The lowest BCUT2D eigenvalue weighted by Crippen LogP contribution is -2.47. The van der Waals surface area contributed by atoms with Crippen LogP contribution in [-0.4, -0.2) is 39.3 Å². The van der Waals surface area contributed by atoms with Gasteiger partial charge in [-0.25, -0.2) is 9.67 Å². The first-order chi connectivity index (χ1) is 7.68. The molecule has 1 amide bonds. The highest BCUT2D eigenvalue weighted by atomic mass is 16.2. The minimum Gasteiger partial charge on any atom is -0.353 e. The molecule has 0 radical (unpaired) electrons. The smallest absolute Gasteiger partial charge is 0.241 e. The Labute approximate surface area is 94.4 Å². The van der Waals surface area contributed by atoms with Crippen LogP contribution in [0.1, 0.15) is 19.8 Å². The van der Waals surface area contributed by atoms with Gasteiger partial charge in [0.25, 0.3) is 0 Å². The van der Waals surface area contributed by atoms with Crippen LogP contribution in [0.2, 0.25) is 0 Å². The maximum Gasteiger partial charge on any atom is 0.241 e. The van der Waals surface area contributed by atoms with Crippen molar-refractivity contribution < 1.29 is 4.79 Å². The van der Waals surface area contributed by atoms with Crippen LogP contribution in [0.3, 0.4) is 0 Å². The lowest BCUT2D eigenvalue weighted by molar-refractivity contribution is -0.122. The fraction of sp³-hybridized carbons (Fsp3) is 0.700. The number of nitrogens with zero attached hydrogens (tertiary/aromatic N) is 3. The molecule has 1 atom stereocenters. The number of rotatable bonds is 4. The van der Waals surface area contributed by atoms with Crippen molar-refractivity contribution in [3.63, 3.8) is 0 Å². The summed E-state index contributed by atoms with van der Waals surface area (Å²) >= 11 is 0. The van der Waals surface area contributed by atoms with Gasteiger partial charge in [0.15, 0.2) is 0 Å². The summed E-state index contributed by atoms with van der Waals surface area (Å²) in [5, 5.41) is 10.2. The van der Waals surface area contributed by atoms with Gasteiger partial charge in [-0.15, -0.1) is 0 Å². The fourth-order valence-electron chi connectivity index (χ4n) is 1.92. The molecule has 1 fully saturated rings. The lowest BCUT2D eigenvalue weighted by Gasteiger charge is -2.24. The van der Waals surface area contributed by atoms with Gasteiger partial charge in [0.1, 0.15) is 19.2 Å². The van der Waals surface area contributed by atoms with Gasteiger partial charge in [0, 0.05) is 12.1 Å². The number of carbonyl (C=O) groups is 1. The third-order valence-electron chi connectivity index (χ3n) is 2.91. The van der Waals surface area contributed by atoms with E-state index in [2.05, 4.69) is 27.6 Å². The molecule has 6 heteroatoms. The minimum atomic E-state index is -0.0274. The Balaban J connectivity index is 1.75. The summed E-state index contributed by atoms with van der Waals surface area (Å²) in [4.78, 5) is 15.4. The van der Waals surface area contributed by atoms with E-state index in [4.69, 9.17) is 0 Å². The third-order valence-corrected chi connectivity index (χ3v) is 2.91. The lowest BCUT2D eigenvalue weighted by atomic mass is 10.0. The van der Waals surface area contributed by atoms with E-state index < -0.39 is 0 Å². The quantitative estimate of drug-likeness (QED) is 0.724. The number of carbonyl (C=O) groups excluding carboxylic acids is 1. The summed E-state index contributed by atoms with van der Waals surface area (Å²) in [6.07, 6.45) is 5.24. The molecule has 88 valence electrons. The van der Waals surface area contributed by atoms with Crippen molar-refractivity contribution in [1.82, 2.24) is 25.4 Å². The van der Waals surface area contributed by atoms with Gasteiger partial charge in [-0.2, -0.15) is 5.10 Å². The average molecular weight is 223 g/mol. The molecule has 1 aliphatic rings. The van der Waals surface area contributed by atoms with Gasteiger partial charge >= 0.3 is 0 Å². The third kappa shape index (κ3) is 2.79. The molecule has 1 aromatic rings. The topological polar surface area (TPSA) is 71.8 Å². The fourth-order valence-corrected chi connectivity index (χ4v) is 1.92. The number of aromatic nitrogens is 3. The molecule has 1 unspecified atom stereocenters. The Bertz CT molecular complexity index is 342. The summed E-state index contributed by atoms with van der Waals surface area (Å²) < 4.78 is 1.51. The number of nitrogens with one attached hydrogen (secondary N) is 2. The molecule has 2 N–H and O–H groups in total. The molecule has 0 aliphatic carbocycles. The second-order valence-corrected chi connectivity index (χ2v) is 4.46. The van der Waals surface area contributed by atoms with E-state index in [-0.39, 0.29) is 18.0 Å². The Hall–Kier alpha value is -1.43. The van der Waals surface area contributed by atoms with Crippen LogP contribution in [0.25, 0.3) is 0 Å². The maximum atomic E-state index is 11.6. The predicted octanol–water partition coefficient (Wildman–Crippen LogP) is -0.464. The first-order valence-electron chi connectivity index (χ1n) is 5.52. The monoisotopic (exact) mass is 223 g/mol. The van der Waals surface area contributed by atoms with E-state index in [1.54, 1.807) is 0 Å². The molecule has 2 heterocycles. The Morgan fingerprint density at radius 2 is 2.56 bits per heavy atom. The summed E-state index contributed by atoms with van der Waals surface area (Å²) in [5.41, 5.74) is 0.0536. The molecule has 0 spiro atoms. The van der Waals surface area contributed by atoms with E-state index in [9.17, 15) is 4.79 Å². The Morgan fingerprint density at radius 3 is 3.19 bits per heavy atom. The second kappa shape index (κ2) is 4.61. The molecule has 16 heavy (non-hydrogen) atoms. The van der Waals surface area contributed by atoms with Crippen molar-refractivity contribution in [1.29, 1.82) is 0 Å². The van der Waals surface area contributed by atoms with Crippen molar-refractivity contribution >= 4 is 5.91 Å². The highest BCUT2D eigenvalue weighted by molar-refractivity contribution is 5.75. The van der Waals surface area contributed by atoms with Crippen LogP contribution in [0, 0.1) is 0 Å². The van der Waals surface area contributed by atoms with Gasteiger partial charge < -0.3 is 10.6 Å². The van der Waals surface area contributed by atoms with E-state index in [1.165, 1.54) is 23.8 Å². The maximum absolute atomic E-state index is 11.6. The SMILES string of the molecule is CC1(CNC(=O)Cn2cncn2)CCCN1. The first-order valence-corrected chi connectivity index (χ1v) is 5.52. The Kier molecular flexibility index (Phi) is 3.19. The van der Waals surface area contributed by atoms with Crippen LogP contribution in [0.5, 0.6) is 0 Å². The predicted molar refractivity (Wildman–Crippen MR) is 58.7 cm³/mol. The van der Waals surface area contributed by atoms with Gasteiger partial charge in [-0.3, -0.25) is 4.79 Å². The van der Waals surface area contributed by atoms with Crippen molar-refractivity contribution in [3.8, 4) is 0 Å². The summed E-state index contributed by atoms with van der Waals surface area (Å²) in [6.45, 7) is 4.07. The van der Waals surface area contributed by atoms with Gasteiger partial charge in [-0.05, 0) is 26.3 Å². The zero-order valence-corrected chi connectivity index (χ0v) is 9.44. The average Bonchev–Trinajstić information content (AvgIpc) is 2.88. The molecule has 2 rings (SSSR count). The standard InChI is InChI=1S/C10H17N5O/c1-10(3-2-4-13-10)6-12-9(16)5-15-8-11-7-14-15/h7-8,13H,2-6H2,1H3,(H,12,16). The Morgan fingerprint density at radius 1 is 1.69 bits per heavy atom. The zero-order chi connectivity index (χ0) is 11.4. The van der Waals surface area contributed by atoms with E-state index >= 15 is 0 Å². The largest absolute Gasteiger partial charge is 0.353 e. The molecule has 1 aliphatic heterocycles. The number of hydrogen-bond donors (Lipinski definition) is 2. The van der Waals surface area contributed by atoms with Crippen molar-refractivity contribution in [3.05, 3.63) is 12.7 Å². The molecular weight excluding hydrogens is 206 g/mol. The van der Waals surface area contributed by atoms with Crippen molar-refractivity contribution in [2.75, 3.05) is 13.1 Å². The zero-order valence-electron chi connectivity index (χ0n) is 9.44. The van der Waals surface area contributed by atoms with Gasteiger partial charge in [0.2, 0.25) is 5.91 Å². The van der Waals surface area contributed by atoms with Crippen molar-refractivity contribution in [2.45, 2.75) is 31.8 Å². The van der Waals surface area contributed by atoms with Crippen LogP contribution in [0.4, 0.5) is 0 Å². The highest BCUT2D eigenvalue weighted by Gasteiger charge is 2.28. The molecular formula is C10H17N5O. The van der Waals surface area contributed by atoms with Crippen LogP contribution < -0.4 is 10.6 Å². The molecule has 0 saturated carbocycles. The number of amides is 1. The van der Waals surface area contributed by atoms with Crippen LogP contribution in [-0.2, 0) is 11.3 Å². The molecule has 0 bridgehead atoms. The normalized spacial score (nSPS) is 24.6. The van der Waals surface area contributed by atoms with Gasteiger partial charge in [0.05, 0.1) is 0 Å². The molecule has 6 nitrogen and oxygen atoms in total. The van der Waals surface area contributed by atoms with Crippen molar-refractivity contribution in [2.24, 2.45) is 0 Å². The molecule has 1 aromatic heterocycles. The molecule has 0 aromatic carbocycles. The highest BCUT2D eigenvalue weighted by Crippen LogP contribution is 2.16. The first kappa shape index (κ1) is 11.1. The van der Waals surface area contributed by atoms with E-state index in [0.29, 0.717) is 6.54 Å². The van der Waals surface area contributed by atoms with E-state index in [0.717, 1.165) is 13.0 Å². The number of hydrogen-bond acceptors (Lipinski definition) is 4. The van der Waals surface area contributed by atoms with Gasteiger partial charge in [-0.1, -0.05) is 0 Å². The molecule has 1 saturated heterocycles. The van der Waals surface area contributed by atoms with Crippen LogP contribution >= 0.6 is 0 Å². The summed E-state index contributed by atoms with van der Waals surface area (Å²) in [7, 11) is 0. The second-order valence-electron chi connectivity index (χ2n) is 4.46. The summed E-state index contributed by atoms with van der Waals surface area (Å²) in [6, 6.07) is 0. The van der Waals surface area contributed by atoms with Crippen LogP contribution in [0.15, 0.2) is 12.7 Å². The van der Waals surface area contributed by atoms with E-state index in [1.807, 2.05) is 0 Å².